The number of aliphatic hydroxyl groups is 4. The molecule has 0 aromatic carbocycles. The molecule has 16 heavy (non-hydrogen) atoms. The van der Waals surface area contributed by atoms with Gasteiger partial charge in [-0.15, -0.1) is 0 Å². The summed E-state index contributed by atoms with van der Waals surface area (Å²) in [7, 11) is 0. The number of fused-ring (bicyclic) bond motifs is 2. The number of hydrogen-bond acceptors (Lipinski definition) is 7. The van der Waals surface area contributed by atoms with Gasteiger partial charge in [0, 0.05) is 0 Å². The SMILES string of the molecule is O=C1O[C@H]2[C@H](O)[C@@H](O)[C@H](O)[C@](CO)(O1)[C@H]2Br. The first-order chi connectivity index (χ1) is 7.44. The summed E-state index contributed by atoms with van der Waals surface area (Å²) in [5, 5.41) is 38.2. The van der Waals surface area contributed by atoms with E-state index in [1.165, 1.54) is 0 Å². The van der Waals surface area contributed by atoms with Gasteiger partial charge >= 0.3 is 6.16 Å². The van der Waals surface area contributed by atoms with Crippen LogP contribution in [0, 0.1) is 0 Å². The van der Waals surface area contributed by atoms with Crippen molar-refractivity contribution < 1.29 is 34.7 Å². The van der Waals surface area contributed by atoms with Crippen LogP contribution in [0.15, 0.2) is 0 Å². The zero-order chi connectivity index (χ0) is 12.1. The molecule has 7 nitrogen and oxygen atoms in total. The van der Waals surface area contributed by atoms with Gasteiger partial charge in [-0.25, -0.2) is 4.79 Å². The first-order valence-corrected chi connectivity index (χ1v) is 5.54. The van der Waals surface area contributed by atoms with Gasteiger partial charge in [-0.2, -0.15) is 0 Å². The Kier molecular flexibility index (Phi) is 2.87. The topological polar surface area (TPSA) is 116 Å². The third kappa shape index (κ3) is 1.37. The fourth-order valence-corrected chi connectivity index (χ4v) is 2.96. The number of carbonyl (C=O) groups is 1. The van der Waals surface area contributed by atoms with E-state index in [1.54, 1.807) is 0 Å². The third-order valence-electron chi connectivity index (χ3n) is 3.02. The summed E-state index contributed by atoms with van der Waals surface area (Å²) in [5.74, 6) is 0. The van der Waals surface area contributed by atoms with E-state index in [0.29, 0.717) is 0 Å². The van der Waals surface area contributed by atoms with Gasteiger partial charge in [0.15, 0.2) is 11.7 Å². The van der Waals surface area contributed by atoms with Crippen LogP contribution in [0.25, 0.3) is 0 Å². The summed E-state index contributed by atoms with van der Waals surface area (Å²) in [6.45, 7) is -0.695. The quantitative estimate of drug-likeness (QED) is 0.330. The Bertz CT molecular complexity index is 305. The van der Waals surface area contributed by atoms with Crippen molar-refractivity contribution in [2.75, 3.05) is 6.61 Å². The summed E-state index contributed by atoms with van der Waals surface area (Å²) >= 11 is 3.09. The molecule has 1 aliphatic heterocycles. The molecule has 92 valence electrons. The normalized spacial score (nSPS) is 51.8. The molecule has 8 heteroatoms. The average Bonchev–Trinajstić information content (AvgIpc) is 2.27. The molecule has 0 radical (unpaired) electrons. The summed E-state index contributed by atoms with van der Waals surface area (Å²) in [5.41, 5.74) is -1.70. The predicted octanol–water partition coefficient (Wildman–Crippen LogP) is -1.89. The van der Waals surface area contributed by atoms with Crippen LogP contribution < -0.4 is 0 Å². The van der Waals surface area contributed by atoms with Gasteiger partial charge in [-0.05, 0) is 0 Å². The van der Waals surface area contributed by atoms with Crippen molar-refractivity contribution in [3.8, 4) is 0 Å². The maximum Gasteiger partial charge on any atom is 0.509 e. The number of halogens is 1. The van der Waals surface area contributed by atoms with Crippen molar-refractivity contribution in [3.63, 3.8) is 0 Å². The van der Waals surface area contributed by atoms with E-state index in [9.17, 15) is 25.2 Å². The Morgan fingerprint density at radius 1 is 1.31 bits per heavy atom. The number of carbonyl (C=O) groups excluding carboxylic acids is 1. The molecule has 0 aromatic rings. The molecule has 2 bridgehead atoms. The number of rotatable bonds is 1. The number of alkyl halides is 1. The predicted molar refractivity (Wildman–Crippen MR) is 51.9 cm³/mol. The van der Waals surface area contributed by atoms with E-state index in [0.717, 1.165) is 0 Å². The lowest BCUT2D eigenvalue weighted by Gasteiger charge is -2.52. The van der Waals surface area contributed by atoms with Crippen LogP contribution in [0.5, 0.6) is 0 Å². The van der Waals surface area contributed by atoms with Crippen molar-refractivity contribution in [1.29, 1.82) is 0 Å². The summed E-state index contributed by atoms with van der Waals surface area (Å²) in [6.07, 6.45) is -6.77. The van der Waals surface area contributed by atoms with Crippen LogP contribution in [-0.4, -0.2) is 68.0 Å². The average molecular weight is 299 g/mol. The van der Waals surface area contributed by atoms with Gasteiger partial charge in [0.2, 0.25) is 0 Å². The molecule has 0 spiro atoms. The van der Waals surface area contributed by atoms with Gasteiger partial charge in [-0.1, -0.05) is 15.9 Å². The standard InChI is InChI=1S/C8H11BrO7/c9-5-4-2(11)3(12)6(13)8(5,1-10)16-7(14)15-4/h2-6,10-13H,1H2/t2-,3-,4+,5+,6+,8-/m1/s1. The van der Waals surface area contributed by atoms with Gasteiger partial charge < -0.3 is 29.9 Å². The molecule has 2 aliphatic rings. The molecular formula is C8H11BrO7. The highest BCUT2D eigenvalue weighted by molar-refractivity contribution is 9.09. The Morgan fingerprint density at radius 3 is 2.50 bits per heavy atom. The molecule has 0 aromatic heterocycles. The summed E-state index contributed by atoms with van der Waals surface area (Å²) in [4.78, 5) is 10.3. The van der Waals surface area contributed by atoms with E-state index in [-0.39, 0.29) is 0 Å². The minimum Gasteiger partial charge on any atom is -0.427 e. The highest BCUT2D eigenvalue weighted by Gasteiger charge is 2.64. The molecule has 4 N–H and O–H groups in total. The lowest BCUT2D eigenvalue weighted by atomic mass is 9.76. The highest BCUT2D eigenvalue weighted by Crippen LogP contribution is 2.42. The van der Waals surface area contributed by atoms with E-state index < -0.39 is 47.6 Å². The van der Waals surface area contributed by atoms with Crippen LogP contribution >= 0.6 is 15.9 Å². The highest BCUT2D eigenvalue weighted by atomic mass is 79.9. The molecule has 1 saturated heterocycles. The van der Waals surface area contributed by atoms with Crippen LogP contribution in [0.3, 0.4) is 0 Å². The Labute approximate surface area is 98.7 Å². The third-order valence-corrected chi connectivity index (χ3v) is 4.31. The van der Waals surface area contributed by atoms with E-state index >= 15 is 0 Å². The van der Waals surface area contributed by atoms with Gasteiger partial charge in [0.05, 0.1) is 11.4 Å². The zero-order valence-corrected chi connectivity index (χ0v) is 9.57. The van der Waals surface area contributed by atoms with Gasteiger partial charge in [0.1, 0.15) is 18.3 Å². The molecule has 2 rings (SSSR count). The van der Waals surface area contributed by atoms with E-state index in [1.807, 2.05) is 0 Å². The molecule has 1 saturated carbocycles. The maximum absolute atomic E-state index is 11.1. The van der Waals surface area contributed by atoms with Crippen LogP contribution in [0.4, 0.5) is 4.79 Å². The number of ether oxygens (including phenoxy) is 2. The van der Waals surface area contributed by atoms with Crippen LogP contribution in [-0.2, 0) is 9.47 Å². The maximum atomic E-state index is 11.1. The first kappa shape index (κ1) is 12.1. The zero-order valence-electron chi connectivity index (χ0n) is 7.99. The van der Waals surface area contributed by atoms with Gasteiger partial charge in [0.25, 0.3) is 0 Å². The van der Waals surface area contributed by atoms with Crippen molar-refractivity contribution in [2.45, 2.75) is 34.8 Å². The van der Waals surface area contributed by atoms with Crippen molar-refractivity contribution in [1.82, 2.24) is 0 Å². The molecule has 2 fully saturated rings. The fourth-order valence-electron chi connectivity index (χ4n) is 2.03. The van der Waals surface area contributed by atoms with Crippen molar-refractivity contribution >= 4 is 22.1 Å². The lowest BCUT2D eigenvalue weighted by molar-refractivity contribution is -0.258. The number of aliphatic hydroxyl groups excluding tert-OH is 4. The molecular weight excluding hydrogens is 288 g/mol. The van der Waals surface area contributed by atoms with E-state index in [2.05, 4.69) is 20.7 Å². The summed E-state index contributed by atoms with van der Waals surface area (Å²) < 4.78 is 9.45. The molecule has 0 amide bonds. The minimum absolute atomic E-state index is 0.695. The van der Waals surface area contributed by atoms with E-state index in [4.69, 9.17) is 4.74 Å². The Hall–Kier alpha value is -0.410. The molecule has 6 atom stereocenters. The van der Waals surface area contributed by atoms with Crippen molar-refractivity contribution in [2.24, 2.45) is 0 Å². The smallest absolute Gasteiger partial charge is 0.427 e. The minimum atomic E-state index is -1.70. The first-order valence-electron chi connectivity index (χ1n) is 4.63. The molecule has 1 aliphatic carbocycles. The largest absolute Gasteiger partial charge is 0.509 e. The van der Waals surface area contributed by atoms with Crippen LogP contribution in [0.2, 0.25) is 0 Å². The number of hydrogen-bond donors (Lipinski definition) is 4. The second-order valence-corrected chi connectivity index (χ2v) is 4.86. The van der Waals surface area contributed by atoms with Crippen molar-refractivity contribution in [3.05, 3.63) is 0 Å². The fraction of sp³-hybridized carbons (Fsp3) is 0.875. The summed E-state index contributed by atoms with van der Waals surface area (Å²) in [6, 6.07) is 0. The van der Waals surface area contributed by atoms with Gasteiger partial charge in [-0.3, -0.25) is 0 Å². The monoisotopic (exact) mass is 298 g/mol. The Balaban J connectivity index is 2.42. The molecule has 0 unspecified atom stereocenters. The Morgan fingerprint density at radius 2 is 1.94 bits per heavy atom. The molecule has 1 heterocycles. The van der Waals surface area contributed by atoms with Crippen LogP contribution in [0.1, 0.15) is 0 Å². The second kappa shape index (κ2) is 3.81. The lowest BCUT2D eigenvalue weighted by Crippen LogP contribution is -2.75. The second-order valence-electron chi connectivity index (χ2n) is 3.88.